The van der Waals surface area contributed by atoms with Crippen LogP contribution >= 0.6 is 0 Å². The van der Waals surface area contributed by atoms with Gasteiger partial charge in [0.1, 0.15) is 19.6 Å². The molecule has 0 aromatic heterocycles. The molecule has 228 valence electrons. The van der Waals surface area contributed by atoms with E-state index in [1.54, 1.807) is 18.2 Å². The summed E-state index contributed by atoms with van der Waals surface area (Å²) >= 11 is 0. The van der Waals surface area contributed by atoms with Crippen molar-refractivity contribution < 1.29 is 24.9 Å². The van der Waals surface area contributed by atoms with E-state index in [4.69, 9.17) is 5.11 Å². The molecule has 0 saturated carbocycles. The van der Waals surface area contributed by atoms with Gasteiger partial charge < -0.3 is 10.2 Å². The van der Waals surface area contributed by atoms with Gasteiger partial charge in [0, 0.05) is 5.92 Å². The molecule has 0 bridgehead atoms. The van der Waals surface area contributed by atoms with Crippen molar-refractivity contribution in [1.82, 2.24) is 0 Å². The van der Waals surface area contributed by atoms with Gasteiger partial charge in [0.25, 0.3) is 0 Å². The molecule has 0 aliphatic heterocycles. The molecule has 2 aromatic carbocycles. The number of hydrogen-bond donors (Lipinski definition) is 2. The van der Waals surface area contributed by atoms with Gasteiger partial charge in [-0.25, -0.2) is 10.0 Å². The average molecular weight is 558 g/mol. The van der Waals surface area contributed by atoms with Gasteiger partial charge in [-0.1, -0.05) is 147 Å². The Kier molecular flexibility index (Phi) is 19.4. The summed E-state index contributed by atoms with van der Waals surface area (Å²) < 4.78 is 0.274. The van der Waals surface area contributed by atoms with Crippen LogP contribution in [-0.2, 0) is 0 Å². The highest BCUT2D eigenvalue weighted by Gasteiger charge is 2.23. The van der Waals surface area contributed by atoms with E-state index < -0.39 is 11.7 Å². The first-order valence-corrected chi connectivity index (χ1v) is 16.2. The summed E-state index contributed by atoms with van der Waals surface area (Å²) in [4.78, 5) is 10.7. The van der Waals surface area contributed by atoms with Gasteiger partial charge in [-0.2, -0.15) is 4.65 Å². The molecule has 0 heterocycles. The third-order valence-corrected chi connectivity index (χ3v) is 7.80. The second-order valence-corrected chi connectivity index (χ2v) is 12.0. The van der Waals surface area contributed by atoms with E-state index in [0.717, 1.165) is 30.4 Å². The summed E-state index contributed by atoms with van der Waals surface area (Å²) in [5, 5.41) is 32.1. The molecule has 5 heteroatoms. The van der Waals surface area contributed by atoms with Crippen molar-refractivity contribution in [2.75, 3.05) is 19.6 Å². The minimum absolute atomic E-state index is 0.177. The third kappa shape index (κ3) is 16.2. The average Bonchev–Trinajstić information content (AvgIpc) is 2.92. The van der Waals surface area contributed by atoms with E-state index in [1.807, 2.05) is 6.07 Å². The van der Waals surface area contributed by atoms with Crippen LogP contribution in [0.25, 0.3) is 10.8 Å². The molecule has 0 fully saturated rings. The van der Waals surface area contributed by atoms with Crippen LogP contribution in [0.3, 0.4) is 0 Å². The minimum atomic E-state index is -1.18. The fourth-order valence-corrected chi connectivity index (χ4v) is 5.40. The number of hydroxylamine groups is 3. The van der Waals surface area contributed by atoms with E-state index in [1.165, 1.54) is 115 Å². The van der Waals surface area contributed by atoms with Crippen LogP contribution in [0.4, 0.5) is 0 Å². The van der Waals surface area contributed by atoms with Crippen LogP contribution in [-0.4, -0.2) is 40.6 Å². The summed E-state index contributed by atoms with van der Waals surface area (Å²) in [5.41, 5.74) is -0.177. The predicted octanol–water partition coefficient (Wildman–Crippen LogP) is 9.74. The van der Waals surface area contributed by atoms with Gasteiger partial charge in [0.2, 0.25) is 0 Å². The predicted molar refractivity (Wildman–Crippen MR) is 167 cm³/mol. The van der Waals surface area contributed by atoms with Crippen LogP contribution < -0.4 is 5.11 Å². The Morgan fingerprint density at radius 3 is 1.57 bits per heavy atom. The van der Waals surface area contributed by atoms with Crippen molar-refractivity contribution in [3.63, 3.8) is 0 Å². The lowest BCUT2D eigenvalue weighted by Crippen LogP contribution is -2.47. The Morgan fingerprint density at radius 1 is 0.750 bits per heavy atom. The number of unbranched alkanes of at least 4 members (excludes halogenated alkanes) is 15. The maximum Gasteiger partial charge on any atom is 0.335 e. The number of fused-ring (bicyclic) bond motifs is 1. The number of rotatable bonds is 21. The topological polar surface area (TPSA) is 80.6 Å². The molecular weight excluding hydrogens is 498 g/mol. The lowest BCUT2D eigenvalue weighted by Gasteiger charge is -2.30. The number of carbonyl (C=O) groups is 1. The lowest BCUT2D eigenvalue weighted by atomic mass is 10.0. The first-order chi connectivity index (χ1) is 19.2. The highest BCUT2D eigenvalue weighted by atomic mass is 16.5. The van der Waals surface area contributed by atoms with Gasteiger partial charge in [-0.05, 0) is 36.6 Å². The van der Waals surface area contributed by atoms with Crippen LogP contribution in [0.5, 0.6) is 5.75 Å². The molecule has 0 saturated heterocycles. The third-order valence-electron chi connectivity index (χ3n) is 7.80. The molecule has 0 spiro atoms. The highest BCUT2D eigenvalue weighted by Crippen LogP contribution is 2.22. The molecule has 2 rings (SSSR count). The Balaban J connectivity index is 0.000000473. The number of carboxylic acids is 1. The zero-order valence-electron chi connectivity index (χ0n) is 26.1. The molecule has 0 amide bonds. The number of aromatic carboxylic acids is 1. The van der Waals surface area contributed by atoms with Crippen LogP contribution in [0.15, 0.2) is 36.4 Å². The fraction of sp³-hybridized carbons (Fsp3) is 0.686. The quantitative estimate of drug-likeness (QED) is 0.0909. The van der Waals surface area contributed by atoms with Crippen LogP contribution in [0, 0.1) is 5.92 Å². The van der Waals surface area contributed by atoms with Gasteiger partial charge in [0.15, 0.2) is 0 Å². The molecule has 40 heavy (non-hydrogen) atoms. The van der Waals surface area contributed by atoms with E-state index in [9.17, 15) is 15.1 Å². The first kappa shape index (κ1) is 35.9. The van der Waals surface area contributed by atoms with Crippen molar-refractivity contribution in [1.29, 1.82) is 0 Å². The molecule has 2 N–H and O–H groups in total. The SMILES string of the molecule is CCCCCCCCCCCCCCCCCC[N+](O)(CC)CC(C)C.O=C(O)c1cc2ccccc2cc1[O-]. The maximum absolute atomic E-state index is 11.3. The van der Waals surface area contributed by atoms with Crippen molar-refractivity contribution in [2.24, 2.45) is 5.92 Å². The van der Waals surface area contributed by atoms with Crippen molar-refractivity contribution >= 4 is 16.7 Å². The largest absolute Gasteiger partial charge is 0.872 e. The zero-order valence-corrected chi connectivity index (χ0v) is 26.1. The molecule has 0 radical (unpaired) electrons. The second kappa shape index (κ2) is 21.6. The molecule has 0 aliphatic carbocycles. The van der Waals surface area contributed by atoms with Gasteiger partial charge in [-0.3, -0.25) is 0 Å². The van der Waals surface area contributed by atoms with Crippen LogP contribution in [0.1, 0.15) is 141 Å². The number of benzene rings is 2. The minimum Gasteiger partial charge on any atom is -0.872 e. The van der Waals surface area contributed by atoms with Crippen molar-refractivity contribution in [2.45, 2.75) is 130 Å². The molecule has 1 unspecified atom stereocenters. The Bertz CT molecular complexity index is 929. The van der Waals surface area contributed by atoms with Gasteiger partial charge >= 0.3 is 5.97 Å². The molecular formula is C35H59NO4. The first-order valence-electron chi connectivity index (χ1n) is 16.2. The van der Waals surface area contributed by atoms with E-state index in [2.05, 4.69) is 27.7 Å². The summed E-state index contributed by atoms with van der Waals surface area (Å²) in [6.07, 6.45) is 22.5. The van der Waals surface area contributed by atoms with E-state index in [0.29, 0.717) is 5.92 Å². The summed E-state index contributed by atoms with van der Waals surface area (Å²) in [6.45, 7) is 11.5. The number of carboxylic acid groups (broad SMARTS) is 1. The van der Waals surface area contributed by atoms with E-state index in [-0.39, 0.29) is 10.2 Å². The summed E-state index contributed by atoms with van der Waals surface area (Å²) in [5.74, 6) is -1.06. The standard InChI is InChI=1S/C24H52NO.C11H8O3/c1-5-7-8-9-10-11-12-13-14-15-16-17-18-19-20-21-22-25(26,6-2)23-24(3)4;12-10-6-8-4-2-1-3-7(8)5-9(10)11(13)14/h24,26H,5-23H2,1-4H3;1-6,12H,(H,13,14)/q+1;/p-1. The monoisotopic (exact) mass is 557 g/mol. The van der Waals surface area contributed by atoms with Gasteiger partial charge in [0.05, 0.1) is 5.56 Å². The van der Waals surface area contributed by atoms with Crippen molar-refractivity contribution in [3.05, 3.63) is 42.0 Å². The molecule has 2 aromatic rings. The fourth-order valence-electron chi connectivity index (χ4n) is 5.40. The Hall–Kier alpha value is -2.11. The smallest absolute Gasteiger partial charge is 0.335 e. The zero-order chi connectivity index (χ0) is 29.6. The molecule has 1 atom stereocenters. The Labute approximate surface area is 245 Å². The number of hydrogen-bond acceptors (Lipinski definition) is 3. The highest BCUT2D eigenvalue weighted by molar-refractivity contribution is 5.97. The van der Waals surface area contributed by atoms with Crippen molar-refractivity contribution in [3.8, 4) is 5.75 Å². The Morgan fingerprint density at radius 2 is 1.18 bits per heavy atom. The molecule has 5 nitrogen and oxygen atoms in total. The summed E-state index contributed by atoms with van der Waals surface area (Å²) in [7, 11) is 0. The molecule has 0 aliphatic rings. The van der Waals surface area contributed by atoms with Crippen LogP contribution in [0.2, 0.25) is 0 Å². The normalized spacial score (nSPS) is 12.8. The number of nitrogens with zero attached hydrogens (tertiary/aromatic N) is 1. The van der Waals surface area contributed by atoms with E-state index >= 15 is 0 Å². The second-order valence-electron chi connectivity index (χ2n) is 12.0. The van der Waals surface area contributed by atoms with Gasteiger partial charge in [-0.15, -0.1) is 0 Å². The maximum atomic E-state index is 11.3. The number of quaternary nitrogens is 1. The lowest BCUT2D eigenvalue weighted by molar-refractivity contribution is -1.10. The summed E-state index contributed by atoms with van der Waals surface area (Å²) in [6, 6.07) is 9.92.